The van der Waals surface area contributed by atoms with Gasteiger partial charge in [-0.3, -0.25) is 0 Å². The number of carbonyl (C=O) groups excluding carboxylic acids is 1. The molecule has 3 rings (SSSR count). The van der Waals surface area contributed by atoms with Crippen LogP contribution in [0.25, 0.3) is 0 Å². The van der Waals surface area contributed by atoms with Gasteiger partial charge in [-0.2, -0.15) is 0 Å². The van der Waals surface area contributed by atoms with Gasteiger partial charge >= 0.3 is 5.97 Å². The van der Waals surface area contributed by atoms with E-state index in [4.69, 9.17) is 4.74 Å². The van der Waals surface area contributed by atoms with Crippen LogP contribution < -0.4 is 5.32 Å². The lowest BCUT2D eigenvalue weighted by atomic mass is 9.91. The van der Waals surface area contributed by atoms with Crippen LogP contribution in [-0.4, -0.2) is 18.1 Å². The van der Waals surface area contributed by atoms with Crippen LogP contribution in [0, 0.1) is 0 Å². The first-order valence-corrected chi connectivity index (χ1v) is 8.81. The lowest BCUT2D eigenvalue weighted by molar-refractivity contribution is 0.00870. The summed E-state index contributed by atoms with van der Waals surface area (Å²) < 4.78 is 5.83. The first-order chi connectivity index (χ1) is 11.7. The SMILES string of the molecule is C[C@@H](N[C@H]1CCCC[C@@H]1OC(=O)c1ccccc1)c1ccccc1. The summed E-state index contributed by atoms with van der Waals surface area (Å²) >= 11 is 0. The molecule has 0 aromatic heterocycles. The molecule has 126 valence electrons. The molecule has 3 nitrogen and oxygen atoms in total. The molecule has 1 aliphatic rings. The van der Waals surface area contributed by atoms with Crippen LogP contribution in [0.4, 0.5) is 0 Å². The van der Waals surface area contributed by atoms with Crippen molar-refractivity contribution in [2.24, 2.45) is 0 Å². The second-order valence-corrected chi connectivity index (χ2v) is 6.50. The largest absolute Gasteiger partial charge is 0.457 e. The number of ether oxygens (including phenoxy) is 1. The molecular weight excluding hydrogens is 298 g/mol. The molecule has 0 heterocycles. The molecule has 0 bridgehead atoms. The minimum atomic E-state index is -0.221. The summed E-state index contributed by atoms with van der Waals surface area (Å²) in [7, 11) is 0. The van der Waals surface area contributed by atoms with Crippen molar-refractivity contribution in [3.63, 3.8) is 0 Å². The molecule has 0 saturated heterocycles. The zero-order chi connectivity index (χ0) is 16.8. The summed E-state index contributed by atoms with van der Waals surface area (Å²) in [5, 5.41) is 3.66. The predicted octanol–water partition coefficient (Wildman–Crippen LogP) is 4.51. The van der Waals surface area contributed by atoms with Crippen LogP contribution in [0.2, 0.25) is 0 Å². The van der Waals surface area contributed by atoms with Crippen molar-refractivity contribution in [2.75, 3.05) is 0 Å². The van der Waals surface area contributed by atoms with Gasteiger partial charge in [0.1, 0.15) is 6.10 Å². The van der Waals surface area contributed by atoms with Gasteiger partial charge in [-0.1, -0.05) is 55.0 Å². The minimum absolute atomic E-state index is 0.0578. The predicted molar refractivity (Wildman–Crippen MR) is 95.9 cm³/mol. The quantitative estimate of drug-likeness (QED) is 0.823. The second kappa shape index (κ2) is 8.11. The van der Waals surface area contributed by atoms with Crippen molar-refractivity contribution < 1.29 is 9.53 Å². The number of benzene rings is 2. The molecule has 1 N–H and O–H groups in total. The van der Waals surface area contributed by atoms with Crippen LogP contribution in [0.1, 0.15) is 54.6 Å². The van der Waals surface area contributed by atoms with Gasteiger partial charge < -0.3 is 10.1 Å². The molecule has 0 radical (unpaired) electrons. The minimum Gasteiger partial charge on any atom is -0.457 e. The topological polar surface area (TPSA) is 38.3 Å². The fourth-order valence-corrected chi connectivity index (χ4v) is 3.37. The van der Waals surface area contributed by atoms with E-state index < -0.39 is 0 Å². The zero-order valence-electron chi connectivity index (χ0n) is 14.2. The third-order valence-corrected chi connectivity index (χ3v) is 4.73. The normalized spacial score (nSPS) is 21.9. The highest BCUT2D eigenvalue weighted by Gasteiger charge is 2.29. The monoisotopic (exact) mass is 323 g/mol. The number of carbonyl (C=O) groups is 1. The third kappa shape index (κ3) is 4.24. The van der Waals surface area contributed by atoms with Crippen LogP contribution in [0.5, 0.6) is 0 Å². The van der Waals surface area contributed by atoms with E-state index in [-0.39, 0.29) is 24.2 Å². The van der Waals surface area contributed by atoms with Gasteiger partial charge in [-0.25, -0.2) is 4.79 Å². The van der Waals surface area contributed by atoms with E-state index in [0.29, 0.717) is 5.56 Å². The standard InChI is InChI=1S/C21H25NO2/c1-16(17-10-4-2-5-11-17)22-19-14-8-9-15-20(19)24-21(23)18-12-6-3-7-13-18/h2-7,10-13,16,19-20,22H,8-9,14-15H2,1H3/t16-,19+,20+/m1/s1. The van der Waals surface area contributed by atoms with Gasteiger partial charge in [0, 0.05) is 12.1 Å². The number of rotatable bonds is 5. The molecule has 0 amide bonds. The lowest BCUT2D eigenvalue weighted by Crippen LogP contribution is -2.45. The molecule has 3 heteroatoms. The molecule has 2 aromatic carbocycles. The summed E-state index contributed by atoms with van der Waals surface area (Å²) in [5.74, 6) is -0.221. The van der Waals surface area contributed by atoms with Gasteiger partial charge in [0.15, 0.2) is 0 Å². The third-order valence-electron chi connectivity index (χ3n) is 4.73. The molecule has 0 aliphatic heterocycles. The van der Waals surface area contributed by atoms with E-state index in [1.165, 1.54) is 12.0 Å². The van der Waals surface area contributed by atoms with Gasteiger partial charge in [0.25, 0.3) is 0 Å². The molecular formula is C21H25NO2. The van der Waals surface area contributed by atoms with E-state index in [2.05, 4.69) is 36.5 Å². The van der Waals surface area contributed by atoms with Crippen molar-refractivity contribution in [3.8, 4) is 0 Å². The Labute approximate surface area is 144 Å². The van der Waals surface area contributed by atoms with Crippen molar-refractivity contribution in [1.82, 2.24) is 5.32 Å². The molecule has 1 fully saturated rings. The van der Waals surface area contributed by atoms with Crippen LogP contribution >= 0.6 is 0 Å². The highest BCUT2D eigenvalue weighted by atomic mass is 16.5. The zero-order valence-corrected chi connectivity index (χ0v) is 14.2. The van der Waals surface area contributed by atoms with Crippen LogP contribution in [-0.2, 0) is 4.74 Å². The second-order valence-electron chi connectivity index (χ2n) is 6.50. The molecule has 0 unspecified atom stereocenters. The first kappa shape index (κ1) is 16.7. The molecule has 24 heavy (non-hydrogen) atoms. The Morgan fingerprint density at radius 3 is 2.33 bits per heavy atom. The van der Waals surface area contributed by atoms with E-state index in [1.54, 1.807) is 12.1 Å². The molecule has 1 aliphatic carbocycles. The molecule has 0 spiro atoms. The molecule has 3 atom stereocenters. The Hall–Kier alpha value is -2.13. The van der Waals surface area contributed by atoms with Gasteiger partial charge in [0.05, 0.1) is 5.56 Å². The Morgan fingerprint density at radius 2 is 1.62 bits per heavy atom. The molecule has 1 saturated carbocycles. The summed E-state index contributed by atoms with van der Waals surface area (Å²) in [6.07, 6.45) is 4.21. The van der Waals surface area contributed by atoms with E-state index >= 15 is 0 Å². The smallest absolute Gasteiger partial charge is 0.338 e. The fourth-order valence-electron chi connectivity index (χ4n) is 3.37. The number of hydrogen-bond acceptors (Lipinski definition) is 3. The number of hydrogen-bond donors (Lipinski definition) is 1. The van der Waals surface area contributed by atoms with E-state index in [9.17, 15) is 4.79 Å². The fraction of sp³-hybridized carbons (Fsp3) is 0.381. The van der Waals surface area contributed by atoms with Gasteiger partial charge in [0.2, 0.25) is 0 Å². The first-order valence-electron chi connectivity index (χ1n) is 8.81. The maximum absolute atomic E-state index is 12.4. The van der Waals surface area contributed by atoms with E-state index in [0.717, 1.165) is 19.3 Å². The van der Waals surface area contributed by atoms with Crippen molar-refractivity contribution >= 4 is 5.97 Å². The Kier molecular flexibility index (Phi) is 5.65. The summed E-state index contributed by atoms with van der Waals surface area (Å²) in [4.78, 5) is 12.4. The Morgan fingerprint density at radius 1 is 1.00 bits per heavy atom. The van der Waals surface area contributed by atoms with Gasteiger partial charge in [-0.05, 0) is 43.9 Å². The van der Waals surface area contributed by atoms with Crippen molar-refractivity contribution in [2.45, 2.75) is 50.8 Å². The number of esters is 1. The Balaban J connectivity index is 1.64. The summed E-state index contributed by atoms with van der Waals surface area (Å²) in [6.45, 7) is 2.17. The van der Waals surface area contributed by atoms with Crippen molar-refractivity contribution in [3.05, 3.63) is 71.8 Å². The maximum Gasteiger partial charge on any atom is 0.338 e. The summed E-state index contributed by atoms with van der Waals surface area (Å²) in [6, 6.07) is 20.1. The van der Waals surface area contributed by atoms with Gasteiger partial charge in [-0.15, -0.1) is 0 Å². The average molecular weight is 323 g/mol. The van der Waals surface area contributed by atoms with E-state index in [1.807, 2.05) is 24.3 Å². The van der Waals surface area contributed by atoms with Crippen LogP contribution in [0.3, 0.4) is 0 Å². The highest BCUT2D eigenvalue weighted by Crippen LogP contribution is 2.25. The lowest BCUT2D eigenvalue weighted by Gasteiger charge is -2.34. The van der Waals surface area contributed by atoms with Crippen molar-refractivity contribution in [1.29, 1.82) is 0 Å². The average Bonchev–Trinajstić information content (AvgIpc) is 2.64. The summed E-state index contributed by atoms with van der Waals surface area (Å²) in [5.41, 5.74) is 1.88. The van der Waals surface area contributed by atoms with Crippen LogP contribution in [0.15, 0.2) is 60.7 Å². The maximum atomic E-state index is 12.4. The number of nitrogens with one attached hydrogen (secondary N) is 1. The molecule has 2 aromatic rings. The highest BCUT2D eigenvalue weighted by molar-refractivity contribution is 5.89. The Bertz CT molecular complexity index is 641.